The molecule has 5 nitrogen and oxygen atoms in total. The van der Waals surface area contributed by atoms with Gasteiger partial charge in [-0.05, 0) is 24.7 Å². The van der Waals surface area contributed by atoms with Crippen LogP contribution >= 0.6 is 0 Å². The maximum absolute atomic E-state index is 13.1. The fourth-order valence-corrected chi connectivity index (χ4v) is 2.14. The molecular weight excluding hydrogens is 287 g/mol. The van der Waals surface area contributed by atoms with Crippen molar-refractivity contribution in [3.63, 3.8) is 0 Å². The van der Waals surface area contributed by atoms with E-state index in [4.69, 9.17) is 10.5 Å². The van der Waals surface area contributed by atoms with Crippen molar-refractivity contribution in [2.24, 2.45) is 0 Å². The Labute approximate surface area is 127 Å². The highest BCUT2D eigenvalue weighted by Gasteiger charge is 2.30. The maximum Gasteiger partial charge on any atom is 0.324 e. The lowest BCUT2D eigenvalue weighted by Crippen LogP contribution is -2.41. The molecule has 0 fully saturated rings. The molecule has 22 heavy (non-hydrogen) atoms. The minimum absolute atomic E-state index is 0.112. The van der Waals surface area contributed by atoms with Crippen LogP contribution in [0.3, 0.4) is 0 Å². The molecular formula is C16H17FN2O3. The van der Waals surface area contributed by atoms with Gasteiger partial charge in [0.25, 0.3) is 0 Å². The highest BCUT2D eigenvalue weighted by Crippen LogP contribution is 2.29. The molecule has 0 aliphatic carbocycles. The molecule has 2 aromatic rings. The maximum atomic E-state index is 13.1. The van der Waals surface area contributed by atoms with E-state index in [1.54, 1.807) is 24.3 Å². The van der Waals surface area contributed by atoms with E-state index in [-0.39, 0.29) is 11.4 Å². The molecule has 2 aromatic carbocycles. The Balaban J connectivity index is 2.38. The molecule has 0 saturated heterocycles. The number of rotatable bonds is 6. The number of anilines is 1. The van der Waals surface area contributed by atoms with Gasteiger partial charge in [0.15, 0.2) is 0 Å². The van der Waals surface area contributed by atoms with Gasteiger partial charge in [0.1, 0.15) is 23.7 Å². The molecule has 6 heteroatoms. The van der Waals surface area contributed by atoms with Gasteiger partial charge in [-0.2, -0.15) is 0 Å². The summed E-state index contributed by atoms with van der Waals surface area (Å²) >= 11 is 0. The van der Waals surface area contributed by atoms with Gasteiger partial charge in [0, 0.05) is 6.07 Å². The number of carbonyl (C=O) groups is 1. The number of benzene rings is 2. The van der Waals surface area contributed by atoms with Crippen molar-refractivity contribution >= 4 is 11.7 Å². The third-order valence-corrected chi connectivity index (χ3v) is 3.23. The number of carboxylic acid groups (broad SMARTS) is 1. The second kappa shape index (κ2) is 6.91. The van der Waals surface area contributed by atoms with Crippen LogP contribution in [-0.2, 0) is 4.79 Å². The van der Waals surface area contributed by atoms with Crippen molar-refractivity contribution in [1.29, 1.82) is 0 Å². The van der Waals surface area contributed by atoms with Crippen LogP contribution in [0, 0.1) is 5.82 Å². The molecule has 0 saturated carbocycles. The molecule has 0 aliphatic rings. The fourth-order valence-electron chi connectivity index (χ4n) is 2.14. The highest BCUT2D eigenvalue weighted by molar-refractivity contribution is 5.74. The first kappa shape index (κ1) is 15.8. The van der Waals surface area contributed by atoms with E-state index in [0.717, 1.165) is 6.07 Å². The monoisotopic (exact) mass is 304 g/mol. The van der Waals surface area contributed by atoms with E-state index in [9.17, 15) is 14.3 Å². The predicted octanol–water partition coefficient (Wildman–Crippen LogP) is 2.20. The molecule has 0 amide bonds. The molecule has 116 valence electrons. The van der Waals surface area contributed by atoms with Crippen molar-refractivity contribution in [3.05, 3.63) is 59.9 Å². The van der Waals surface area contributed by atoms with Crippen LogP contribution in [0.15, 0.2) is 48.5 Å². The van der Waals surface area contributed by atoms with Crippen molar-refractivity contribution in [3.8, 4) is 5.75 Å². The van der Waals surface area contributed by atoms with Crippen molar-refractivity contribution < 1.29 is 19.0 Å². The smallest absolute Gasteiger partial charge is 0.324 e. The number of nitrogens with one attached hydrogen (secondary N) is 1. The average Bonchev–Trinajstić information content (AvgIpc) is 2.50. The lowest BCUT2D eigenvalue weighted by molar-refractivity contribution is -0.142. The van der Waals surface area contributed by atoms with Crippen LogP contribution in [0.1, 0.15) is 11.7 Å². The van der Waals surface area contributed by atoms with Crippen LogP contribution in [0.25, 0.3) is 0 Å². The topological polar surface area (TPSA) is 84.6 Å². The summed E-state index contributed by atoms with van der Waals surface area (Å²) in [6.45, 7) is 0. The zero-order valence-electron chi connectivity index (χ0n) is 12.0. The summed E-state index contributed by atoms with van der Waals surface area (Å²) in [6, 6.07) is 11.7. The summed E-state index contributed by atoms with van der Waals surface area (Å²) < 4.78 is 18.9. The van der Waals surface area contributed by atoms with Gasteiger partial charge in [0.2, 0.25) is 0 Å². The summed E-state index contributed by atoms with van der Waals surface area (Å²) in [7, 11) is 1.53. The van der Waals surface area contributed by atoms with Crippen LogP contribution in [0.2, 0.25) is 0 Å². The van der Waals surface area contributed by atoms with Crippen molar-refractivity contribution in [1.82, 2.24) is 5.32 Å². The third kappa shape index (κ3) is 3.53. The van der Waals surface area contributed by atoms with Gasteiger partial charge in [-0.25, -0.2) is 4.39 Å². The first-order valence-electron chi connectivity index (χ1n) is 6.69. The molecule has 0 aromatic heterocycles. The van der Waals surface area contributed by atoms with Gasteiger partial charge < -0.3 is 20.9 Å². The number of hydrogen-bond acceptors (Lipinski definition) is 4. The van der Waals surface area contributed by atoms with Crippen LogP contribution in [0.4, 0.5) is 10.1 Å². The summed E-state index contributed by atoms with van der Waals surface area (Å²) in [5, 5.41) is 12.1. The Bertz CT molecular complexity index is 649. The number of likely N-dealkylation sites (N-methyl/N-ethyl adjacent to an activating group) is 1. The molecule has 2 rings (SSSR count). The molecule has 2 atom stereocenters. The van der Waals surface area contributed by atoms with E-state index in [2.05, 4.69) is 5.32 Å². The number of ether oxygens (including phenoxy) is 1. The zero-order chi connectivity index (χ0) is 16.1. The SMILES string of the molecule is CN[C@H](C(=O)O)[C@H](Oc1ccc(F)cc1N)c1ccccc1. The number of halogens is 1. The van der Waals surface area contributed by atoms with E-state index in [1.165, 1.54) is 19.2 Å². The van der Waals surface area contributed by atoms with E-state index in [0.29, 0.717) is 5.56 Å². The van der Waals surface area contributed by atoms with Crippen LogP contribution in [0.5, 0.6) is 5.75 Å². The number of nitrogen functional groups attached to an aromatic ring is 1. The Hall–Kier alpha value is -2.60. The molecule has 0 spiro atoms. The Kier molecular flexibility index (Phi) is 4.95. The van der Waals surface area contributed by atoms with E-state index in [1.807, 2.05) is 6.07 Å². The fraction of sp³-hybridized carbons (Fsp3) is 0.188. The van der Waals surface area contributed by atoms with Gasteiger partial charge >= 0.3 is 5.97 Å². The Morgan fingerprint density at radius 2 is 1.95 bits per heavy atom. The molecule has 0 bridgehead atoms. The normalized spacial score (nSPS) is 13.4. The highest BCUT2D eigenvalue weighted by atomic mass is 19.1. The Morgan fingerprint density at radius 1 is 1.27 bits per heavy atom. The lowest BCUT2D eigenvalue weighted by atomic mass is 10.0. The lowest BCUT2D eigenvalue weighted by Gasteiger charge is -2.25. The summed E-state index contributed by atoms with van der Waals surface area (Å²) in [4.78, 5) is 11.4. The number of aliphatic carboxylic acids is 1. The average molecular weight is 304 g/mol. The molecule has 0 aliphatic heterocycles. The van der Waals surface area contributed by atoms with Gasteiger partial charge in [0.05, 0.1) is 5.69 Å². The number of hydrogen-bond donors (Lipinski definition) is 3. The molecule has 0 heterocycles. The van der Waals surface area contributed by atoms with Crippen LogP contribution in [-0.4, -0.2) is 24.2 Å². The van der Waals surface area contributed by atoms with E-state index >= 15 is 0 Å². The van der Waals surface area contributed by atoms with Gasteiger partial charge in [-0.15, -0.1) is 0 Å². The Morgan fingerprint density at radius 3 is 2.50 bits per heavy atom. The summed E-state index contributed by atoms with van der Waals surface area (Å²) in [5.41, 5.74) is 6.52. The number of carboxylic acids is 1. The van der Waals surface area contributed by atoms with Gasteiger partial charge in [-0.1, -0.05) is 30.3 Å². The number of nitrogens with two attached hydrogens (primary N) is 1. The summed E-state index contributed by atoms with van der Waals surface area (Å²) in [6.07, 6.45) is -0.809. The summed E-state index contributed by atoms with van der Waals surface area (Å²) in [5.74, 6) is -1.31. The molecule has 0 unspecified atom stereocenters. The van der Waals surface area contributed by atoms with Crippen molar-refractivity contribution in [2.75, 3.05) is 12.8 Å². The first-order valence-corrected chi connectivity index (χ1v) is 6.69. The minimum atomic E-state index is -1.06. The predicted molar refractivity (Wildman–Crippen MR) is 81.1 cm³/mol. The largest absolute Gasteiger partial charge is 0.481 e. The quantitative estimate of drug-likeness (QED) is 0.712. The van der Waals surface area contributed by atoms with E-state index < -0.39 is 23.9 Å². The zero-order valence-corrected chi connectivity index (χ0v) is 12.0. The minimum Gasteiger partial charge on any atom is -0.481 e. The molecule has 0 radical (unpaired) electrons. The van der Waals surface area contributed by atoms with Crippen molar-refractivity contribution in [2.45, 2.75) is 12.1 Å². The standard InChI is InChI=1S/C16H17FN2O3/c1-19-14(16(20)21)15(10-5-3-2-4-6-10)22-13-8-7-11(17)9-12(13)18/h2-9,14-15,19H,18H2,1H3,(H,20,21)/t14-,15+/m0/s1. The molecule has 4 N–H and O–H groups in total. The third-order valence-electron chi connectivity index (χ3n) is 3.23. The second-order valence-electron chi connectivity index (χ2n) is 4.74. The van der Waals surface area contributed by atoms with Gasteiger partial charge in [-0.3, -0.25) is 4.79 Å². The first-order chi connectivity index (χ1) is 10.5. The second-order valence-corrected chi connectivity index (χ2v) is 4.74. The van der Waals surface area contributed by atoms with Crippen LogP contribution < -0.4 is 15.8 Å².